The van der Waals surface area contributed by atoms with E-state index in [1.54, 1.807) is 4.57 Å². The highest BCUT2D eigenvalue weighted by Crippen LogP contribution is 2.35. The fourth-order valence-corrected chi connectivity index (χ4v) is 4.73. The molecule has 0 spiro atoms. The van der Waals surface area contributed by atoms with Crippen LogP contribution in [0.5, 0.6) is 0 Å². The van der Waals surface area contributed by atoms with Gasteiger partial charge in [-0.25, -0.2) is 4.98 Å². The predicted octanol–water partition coefficient (Wildman–Crippen LogP) is 0.656. The first-order chi connectivity index (χ1) is 18.9. The normalized spacial score (nSPS) is 22.4. The van der Waals surface area contributed by atoms with Crippen LogP contribution in [-0.2, 0) is 9.47 Å². The minimum atomic E-state index is -1.19. The third-order valence-electron chi connectivity index (χ3n) is 7.15. The largest absolute Gasteiger partial charge is 0.388 e. The van der Waals surface area contributed by atoms with Crippen LogP contribution >= 0.6 is 0 Å². The SMILES string of the molecule is CCC(CC)Nc1nc(NCCN2CCOCC2)nc2c1nc(-c1nnn(C(C)C)n1)n2[C@@H]1OC[C@H](O)[C@H]1O. The molecule has 5 heterocycles. The second kappa shape index (κ2) is 12.0. The molecule has 0 aromatic carbocycles. The monoisotopic (exact) mass is 545 g/mol. The van der Waals surface area contributed by atoms with E-state index in [4.69, 9.17) is 24.4 Å². The van der Waals surface area contributed by atoms with Gasteiger partial charge in [0.05, 0.1) is 25.9 Å². The summed E-state index contributed by atoms with van der Waals surface area (Å²) in [5.74, 6) is 1.56. The molecule has 15 heteroatoms. The van der Waals surface area contributed by atoms with E-state index in [1.807, 2.05) is 13.8 Å². The highest BCUT2D eigenvalue weighted by molar-refractivity contribution is 5.87. The summed E-state index contributed by atoms with van der Waals surface area (Å²) in [4.78, 5) is 18.3. The molecule has 3 atom stereocenters. The zero-order chi connectivity index (χ0) is 27.5. The number of aliphatic hydroxyl groups excluding tert-OH is 2. The second-order valence-electron chi connectivity index (χ2n) is 10.2. The molecule has 3 aromatic rings. The number of ether oxygens (including phenoxy) is 2. The number of aliphatic hydroxyl groups is 2. The van der Waals surface area contributed by atoms with Crippen LogP contribution < -0.4 is 10.6 Å². The Balaban J connectivity index is 1.58. The van der Waals surface area contributed by atoms with E-state index in [0.717, 1.165) is 45.7 Å². The zero-order valence-electron chi connectivity index (χ0n) is 23.0. The van der Waals surface area contributed by atoms with Crippen LogP contribution in [0.3, 0.4) is 0 Å². The van der Waals surface area contributed by atoms with Crippen LogP contribution in [0.1, 0.15) is 52.8 Å². The van der Waals surface area contributed by atoms with E-state index in [1.165, 1.54) is 4.80 Å². The Morgan fingerprint density at radius 1 is 1.08 bits per heavy atom. The minimum Gasteiger partial charge on any atom is -0.388 e. The molecule has 15 nitrogen and oxygen atoms in total. The number of fused-ring (bicyclic) bond motifs is 1. The maximum absolute atomic E-state index is 10.8. The van der Waals surface area contributed by atoms with Gasteiger partial charge in [0.1, 0.15) is 12.2 Å². The fourth-order valence-electron chi connectivity index (χ4n) is 4.73. The fraction of sp³-hybridized carbons (Fsp3) is 0.750. The predicted molar refractivity (Wildman–Crippen MR) is 143 cm³/mol. The molecule has 0 saturated carbocycles. The number of hydrogen-bond acceptors (Lipinski definition) is 13. The Kier molecular flexibility index (Phi) is 8.52. The van der Waals surface area contributed by atoms with Crippen LogP contribution in [0.2, 0.25) is 0 Å². The van der Waals surface area contributed by atoms with Gasteiger partial charge in [0.2, 0.25) is 11.8 Å². The van der Waals surface area contributed by atoms with Crippen LogP contribution in [0, 0.1) is 0 Å². The van der Waals surface area contributed by atoms with Crippen molar-refractivity contribution in [2.24, 2.45) is 0 Å². The van der Waals surface area contributed by atoms with E-state index >= 15 is 0 Å². The molecular formula is C24H39N11O4. The smallest absolute Gasteiger partial charge is 0.240 e. The maximum atomic E-state index is 10.8. The minimum absolute atomic E-state index is 0.00613. The molecule has 39 heavy (non-hydrogen) atoms. The van der Waals surface area contributed by atoms with Gasteiger partial charge in [-0.05, 0) is 31.9 Å². The number of aromatic nitrogens is 8. The second-order valence-corrected chi connectivity index (χ2v) is 10.2. The van der Waals surface area contributed by atoms with Crippen molar-refractivity contribution in [1.29, 1.82) is 0 Å². The lowest BCUT2D eigenvalue weighted by Gasteiger charge is -2.26. The van der Waals surface area contributed by atoms with Crippen molar-refractivity contribution in [3.8, 4) is 11.6 Å². The van der Waals surface area contributed by atoms with Crippen molar-refractivity contribution in [2.75, 3.05) is 56.6 Å². The third kappa shape index (κ3) is 5.82. The van der Waals surface area contributed by atoms with Crippen LogP contribution in [0.4, 0.5) is 11.8 Å². The van der Waals surface area contributed by atoms with Gasteiger partial charge in [-0.1, -0.05) is 13.8 Å². The molecule has 0 bridgehead atoms. The first-order valence-corrected chi connectivity index (χ1v) is 13.8. The number of rotatable bonds is 11. The number of nitrogens with zero attached hydrogens (tertiary/aromatic N) is 9. The van der Waals surface area contributed by atoms with Gasteiger partial charge >= 0.3 is 0 Å². The summed E-state index contributed by atoms with van der Waals surface area (Å²) in [7, 11) is 0. The van der Waals surface area contributed by atoms with Gasteiger partial charge in [-0.2, -0.15) is 14.8 Å². The average Bonchev–Trinajstić information content (AvgIpc) is 3.65. The summed E-state index contributed by atoms with van der Waals surface area (Å²) < 4.78 is 12.9. The summed E-state index contributed by atoms with van der Waals surface area (Å²) in [5, 5.41) is 40.9. The molecule has 0 aliphatic carbocycles. The van der Waals surface area contributed by atoms with Gasteiger partial charge in [-0.15, -0.1) is 10.2 Å². The number of imidazole rings is 1. The highest BCUT2D eigenvalue weighted by Gasteiger charge is 2.40. The van der Waals surface area contributed by atoms with Crippen molar-refractivity contribution in [2.45, 2.75) is 71.1 Å². The molecule has 0 radical (unpaired) electrons. The van der Waals surface area contributed by atoms with Gasteiger partial charge in [0.15, 0.2) is 29.0 Å². The van der Waals surface area contributed by atoms with Gasteiger partial charge in [0.25, 0.3) is 0 Å². The zero-order valence-corrected chi connectivity index (χ0v) is 23.0. The van der Waals surface area contributed by atoms with Crippen molar-refractivity contribution in [3.63, 3.8) is 0 Å². The molecule has 3 aromatic heterocycles. The first-order valence-electron chi connectivity index (χ1n) is 13.8. The molecule has 5 rings (SSSR count). The Morgan fingerprint density at radius 3 is 2.49 bits per heavy atom. The van der Waals surface area contributed by atoms with Crippen LogP contribution in [-0.4, -0.2) is 119 Å². The van der Waals surface area contributed by atoms with Crippen molar-refractivity contribution >= 4 is 22.9 Å². The summed E-state index contributed by atoms with van der Waals surface area (Å²) in [5.41, 5.74) is 0.926. The molecule has 4 N–H and O–H groups in total. The summed E-state index contributed by atoms with van der Waals surface area (Å²) >= 11 is 0. The Hall–Kier alpha value is -2.98. The maximum Gasteiger partial charge on any atom is 0.240 e. The molecule has 214 valence electrons. The van der Waals surface area contributed by atoms with Crippen molar-refractivity contribution < 1.29 is 19.7 Å². The molecule has 2 saturated heterocycles. The lowest BCUT2D eigenvalue weighted by molar-refractivity contribution is -0.0153. The number of tetrazole rings is 1. The summed E-state index contributed by atoms with van der Waals surface area (Å²) in [6.07, 6.45) is -1.38. The Labute approximate surface area is 226 Å². The topological polar surface area (TPSA) is 173 Å². The number of hydrogen-bond donors (Lipinski definition) is 4. The molecule has 0 amide bonds. The average molecular weight is 546 g/mol. The standard InChI is InChI=1S/C24H39N11O4/c1-5-15(6-2)26-19-17-21(29-24(28-19)25-7-8-33-9-11-38-12-10-33)34(23-18(37)16(36)13-39-23)22(27-17)20-30-32-35(31-20)14(3)4/h14-16,18,23,36-37H,5-13H2,1-4H3,(H2,25,26,28,29)/t16-,18+,23+/m0/s1. The van der Waals surface area contributed by atoms with Gasteiger partial charge in [-0.3, -0.25) is 9.47 Å². The lowest BCUT2D eigenvalue weighted by Crippen LogP contribution is -2.39. The lowest BCUT2D eigenvalue weighted by atomic mass is 10.2. The first kappa shape index (κ1) is 27.6. The van der Waals surface area contributed by atoms with Crippen LogP contribution in [0.25, 0.3) is 22.8 Å². The van der Waals surface area contributed by atoms with Gasteiger partial charge < -0.3 is 30.3 Å². The summed E-state index contributed by atoms with van der Waals surface area (Å²) in [6, 6.07) is 0.168. The number of nitrogens with one attached hydrogen (secondary N) is 2. The van der Waals surface area contributed by atoms with Crippen molar-refractivity contribution in [1.82, 2.24) is 44.6 Å². The molecular weight excluding hydrogens is 506 g/mol. The third-order valence-corrected chi connectivity index (χ3v) is 7.15. The number of anilines is 2. The van der Waals surface area contributed by atoms with Crippen molar-refractivity contribution in [3.05, 3.63) is 0 Å². The quantitative estimate of drug-likeness (QED) is 0.265. The molecule has 2 aliphatic rings. The Morgan fingerprint density at radius 2 is 1.85 bits per heavy atom. The molecule has 0 unspecified atom stereocenters. The van der Waals surface area contributed by atoms with E-state index in [-0.39, 0.29) is 24.5 Å². The molecule has 2 fully saturated rings. The highest BCUT2D eigenvalue weighted by atomic mass is 16.5. The van der Waals surface area contributed by atoms with Gasteiger partial charge in [0, 0.05) is 32.2 Å². The van der Waals surface area contributed by atoms with Crippen LogP contribution in [0.15, 0.2) is 0 Å². The van der Waals surface area contributed by atoms with E-state index < -0.39 is 18.4 Å². The number of morpholine rings is 1. The Bertz CT molecular complexity index is 1240. The van der Waals surface area contributed by atoms with E-state index in [2.05, 4.69) is 44.8 Å². The summed E-state index contributed by atoms with van der Waals surface area (Å²) in [6.45, 7) is 12.8. The van der Waals surface area contributed by atoms with E-state index in [9.17, 15) is 10.2 Å². The van der Waals surface area contributed by atoms with E-state index in [0.29, 0.717) is 35.3 Å². The molecule has 2 aliphatic heterocycles.